The average molecular weight is 359 g/mol. The highest BCUT2D eigenvalue weighted by molar-refractivity contribution is 7.85. The van der Waals surface area contributed by atoms with Crippen molar-refractivity contribution in [1.82, 2.24) is 0 Å². The first-order chi connectivity index (χ1) is 10.4. The Balaban J connectivity index is 2.44. The molecule has 0 aromatic heterocycles. The number of rotatable bonds is 8. The van der Waals surface area contributed by atoms with Crippen LogP contribution in [0.5, 0.6) is 0 Å². The monoisotopic (exact) mass is 358 g/mol. The zero-order chi connectivity index (χ0) is 17.7. The van der Waals surface area contributed by atoms with Crippen LogP contribution in [-0.4, -0.2) is 29.4 Å². The minimum absolute atomic E-state index is 0.0113. The predicted octanol–water partition coefficient (Wildman–Crippen LogP) is 4.33. The molecule has 1 atom stereocenters. The fraction of sp³-hybridized carbons (Fsp3) is 0.647. The minimum Gasteiger partial charge on any atom is -0.414 e. The number of hydrogen-bond donors (Lipinski definition) is 0. The molecule has 0 heterocycles. The average Bonchev–Trinajstić information content (AvgIpc) is 2.36. The van der Waals surface area contributed by atoms with Crippen molar-refractivity contribution < 1.29 is 17.0 Å². The summed E-state index contributed by atoms with van der Waals surface area (Å²) in [6.07, 6.45) is 0.559. The molecule has 132 valence electrons. The molecule has 1 unspecified atom stereocenters. The van der Waals surface area contributed by atoms with Crippen molar-refractivity contribution in [3.05, 3.63) is 35.9 Å². The van der Waals surface area contributed by atoms with Crippen molar-refractivity contribution >= 4 is 18.4 Å². The second-order valence-electron chi connectivity index (χ2n) is 7.49. The highest BCUT2D eigenvalue weighted by atomic mass is 32.2. The summed E-state index contributed by atoms with van der Waals surface area (Å²) in [5.41, 5.74) is 0.734. The normalized spacial score (nSPS) is 14.7. The van der Waals surface area contributed by atoms with Gasteiger partial charge in [0.05, 0.1) is 6.61 Å². The lowest BCUT2D eigenvalue weighted by molar-refractivity contribution is 0.163. The van der Waals surface area contributed by atoms with Crippen LogP contribution in [0.4, 0.5) is 0 Å². The Morgan fingerprint density at radius 2 is 1.70 bits per heavy atom. The minimum atomic E-state index is -3.55. The molecule has 0 fully saturated rings. The first-order valence-electron chi connectivity index (χ1n) is 8.02. The van der Waals surface area contributed by atoms with Gasteiger partial charge in [-0.3, -0.25) is 4.18 Å². The second kappa shape index (κ2) is 7.92. The molecule has 1 rings (SSSR count). The van der Waals surface area contributed by atoms with Gasteiger partial charge < -0.3 is 4.43 Å². The van der Waals surface area contributed by atoms with Crippen LogP contribution in [0.3, 0.4) is 0 Å². The molecule has 0 N–H and O–H groups in total. The molecule has 0 spiro atoms. The third-order valence-corrected chi connectivity index (χ3v) is 10.1. The summed E-state index contributed by atoms with van der Waals surface area (Å²) < 4.78 is 35.3. The molecular weight excluding hydrogens is 328 g/mol. The van der Waals surface area contributed by atoms with Crippen LogP contribution in [-0.2, 0) is 24.5 Å². The Kier molecular flexibility index (Phi) is 7.01. The summed E-state index contributed by atoms with van der Waals surface area (Å²) in [5.74, 6) is -0.0920. The fourth-order valence-electron chi connectivity index (χ4n) is 1.90. The van der Waals surface area contributed by atoms with E-state index in [-0.39, 0.29) is 23.5 Å². The maximum atomic E-state index is 12.0. The summed E-state index contributed by atoms with van der Waals surface area (Å²) in [5, 5.41) is 0.140. The van der Waals surface area contributed by atoms with Gasteiger partial charge in [0.15, 0.2) is 8.32 Å². The molecule has 4 nitrogen and oxygen atoms in total. The molecule has 6 heteroatoms. The summed E-state index contributed by atoms with van der Waals surface area (Å²) in [6.45, 7) is 13.1. The Morgan fingerprint density at radius 1 is 1.13 bits per heavy atom. The lowest BCUT2D eigenvalue weighted by atomic mass is 10.2. The maximum Gasteiger partial charge on any atom is 0.271 e. The Hall–Kier alpha value is -0.693. The van der Waals surface area contributed by atoms with Gasteiger partial charge in [0, 0.05) is 6.10 Å². The molecule has 0 bridgehead atoms. The van der Waals surface area contributed by atoms with Crippen molar-refractivity contribution in [3.63, 3.8) is 0 Å². The SMILES string of the molecule is CC(CCOS(=O)(=O)Cc1ccccc1)O[Si](C)(C)C(C)(C)C. The molecule has 23 heavy (non-hydrogen) atoms. The molecule has 0 aliphatic rings. The van der Waals surface area contributed by atoms with Crippen molar-refractivity contribution in [2.45, 2.75) is 64.1 Å². The highest BCUT2D eigenvalue weighted by Gasteiger charge is 2.38. The van der Waals surface area contributed by atoms with E-state index in [1.807, 2.05) is 25.1 Å². The summed E-state index contributed by atoms with van der Waals surface area (Å²) in [6, 6.07) is 9.06. The molecule has 0 amide bonds. The smallest absolute Gasteiger partial charge is 0.271 e. The zero-order valence-electron chi connectivity index (χ0n) is 15.1. The van der Waals surface area contributed by atoms with Gasteiger partial charge in [0.25, 0.3) is 10.1 Å². The van der Waals surface area contributed by atoms with Crippen LogP contribution < -0.4 is 0 Å². The number of hydrogen-bond acceptors (Lipinski definition) is 4. The second-order valence-corrected chi connectivity index (χ2v) is 13.9. The standard InChI is InChI=1S/C17H30O4SSi/c1-15(21-23(5,6)17(2,3)4)12-13-20-22(18,19)14-16-10-8-7-9-11-16/h7-11,15H,12-14H2,1-6H3. The fourth-order valence-corrected chi connectivity index (χ4v) is 4.41. The topological polar surface area (TPSA) is 52.6 Å². The van der Waals surface area contributed by atoms with Crippen molar-refractivity contribution in [3.8, 4) is 0 Å². The lowest BCUT2D eigenvalue weighted by Gasteiger charge is -2.38. The van der Waals surface area contributed by atoms with Crippen LogP contribution in [0.15, 0.2) is 30.3 Å². The highest BCUT2D eigenvalue weighted by Crippen LogP contribution is 2.37. The van der Waals surface area contributed by atoms with Gasteiger partial charge in [-0.05, 0) is 37.0 Å². The molecule has 0 saturated carbocycles. The van der Waals surface area contributed by atoms with Gasteiger partial charge in [-0.2, -0.15) is 8.42 Å². The quantitative estimate of drug-likeness (QED) is 0.512. The Bertz CT molecular complexity index is 576. The first kappa shape index (κ1) is 20.4. The van der Waals surface area contributed by atoms with Gasteiger partial charge >= 0.3 is 0 Å². The third kappa shape index (κ3) is 7.16. The first-order valence-corrected chi connectivity index (χ1v) is 12.5. The van der Waals surface area contributed by atoms with Gasteiger partial charge in [0.1, 0.15) is 5.75 Å². The van der Waals surface area contributed by atoms with Gasteiger partial charge in [0.2, 0.25) is 0 Å². The van der Waals surface area contributed by atoms with E-state index >= 15 is 0 Å². The molecule has 1 aromatic rings. The van der Waals surface area contributed by atoms with Crippen LogP contribution in [0, 0.1) is 0 Å². The van der Waals surface area contributed by atoms with Crippen LogP contribution in [0.25, 0.3) is 0 Å². The van der Waals surface area contributed by atoms with E-state index in [9.17, 15) is 8.42 Å². The summed E-state index contributed by atoms with van der Waals surface area (Å²) >= 11 is 0. The molecule has 0 aliphatic carbocycles. The third-order valence-electron chi connectivity index (χ3n) is 4.28. The molecule has 0 radical (unpaired) electrons. The van der Waals surface area contributed by atoms with E-state index in [0.29, 0.717) is 6.42 Å². The van der Waals surface area contributed by atoms with Crippen LogP contribution in [0.1, 0.15) is 39.7 Å². The van der Waals surface area contributed by atoms with Crippen LogP contribution >= 0.6 is 0 Å². The van der Waals surface area contributed by atoms with E-state index < -0.39 is 18.4 Å². The predicted molar refractivity (Wildman–Crippen MR) is 97.4 cm³/mol. The van der Waals surface area contributed by atoms with E-state index in [0.717, 1.165) is 5.56 Å². The largest absolute Gasteiger partial charge is 0.414 e. The Labute approximate surface area is 142 Å². The van der Waals surface area contributed by atoms with Gasteiger partial charge in [-0.25, -0.2) is 0 Å². The molecule has 0 aliphatic heterocycles. The maximum absolute atomic E-state index is 12.0. The summed E-state index contributed by atoms with van der Waals surface area (Å²) in [7, 11) is -5.38. The summed E-state index contributed by atoms with van der Waals surface area (Å²) in [4.78, 5) is 0. The number of benzene rings is 1. The van der Waals surface area contributed by atoms with E-state index in [2.05, 4.69) is 33.9 Å². The Morgan fingerprint density at radius 3 is 2.22 bits per heavy atom. The van der Waals surface area contributed by atoms with Gasteiger partial charge in [-0.1, -0.05) is 51.1 Å². The molecule has 0 saturated heterocycles. The van der Waals surface area contributed by atoms with E-state index in [1.165, 1.54) is 0 Å². The molecular formula is C17H30O4SSi. The van der Waals surface area contributed by atoms with Gasteiger partial charge in [-0.15, -0.1) is 0 Å². The zero-order valence-corrected chi connectivity index (χ0v) is 16.9. The van der Waals surface area contributed by atoms with Crippen molar-refractivity contribution in [2.24, 2.45) is 0 Å². The molecule has 1 aromatic carbocycles. The van der Waals surface area contributed by atoms with E-state index in [4.69, 9.17) is 8.61 Å². The van der Waals surface area contributed by atoms with Crippen molar-refractivity contribution in [1.29, 1.82) is 0 Å². The van der Waals surface area contributed by atoms with Crippen LogP contribution in [0.2, 0.25) is 18.1 Å². The van der Waals surface area contributed by atoms with Crippen molar-refractivity contribution in [2.75, 3.05) is 6.61 Å². The lowest BCUT2D eigenvalue weighted by Crippen LogP contribution is -2.43. The van der Waals surface area contributed by atoms with E-state index in [1.54, 1.807) is 12.1 Å².